The van der Waals surface area contributed by atoms with Gasteiger partial charge in [-0.2, -0.15) is 4.31 Å². The molecule has 1 aromatic rings. The van der Waals surface area contributed by atoms with Gasteiger partial charge >= 0.3 is 0 Å². The second-order valence-electron chi connectivity index (χ2n) is 4.85. The summed E-state index contributed by atoms with van der Waals surface area (Å²) in [7, 11) is -2.16. The Labute approximate surface area is 119 Å². The largest absolute Gasteiger partial charge is 0.497 e. The number of benzene rings is 1. The first kappa shape index (κ1) is 14.7. The van der Waals surface area contributed by atoms with Gasteiger partial charge in [0, 0.05) is 12.6 Å². The van der Waals surface area contributed by atoms with Crippen LogP contribution in [-0.4, -0.2) is 32.9 Å². The summed E-state index contributed by atoms with van der Waals surface area (Å²) in [5.74, 6) is 3.34. The van der Waals surface area contributed by atoms with E-state index in [0.29, 0.717) is 18.2 Å². The minimum atomic E-state index is -3.66. The molecule has 1 saturated carbocycles. The number of hydrogen-bond acceptors (Lipinski definition) is 4. The number of nitrogens with zero attached hydrogens (tertiary/aromatic N) is 1. The molecule has 0 heterocycles. The van der Waals surface area contributed by atoms with Crippen molar-refractivity contribution in [1.29, 1.82) is 0 Å². The van der Waals surface area contributed by atoms with Crippen LogP contribution in [0.2, 0.25) is 0 Å². The van der Waals surface area contributed by atoms with Gasteiger partial charge in [-0.15, -0.1) is 6.42 Å². The number of ether oxygens (including phenoxy) is 1. The lowest BCUT2D eigenvalue weighted by Gasteiger charge is -2.20. The van der Waals surface area contributed by atoms with Crippen LogP contribution in [0.1, 0.15) is 12.8 Å². The molecule has 5 nitrogen and oxygen atoms in total. The minimum absolute atomic E-state index is 0.0598. The lowest BCUT2D eigenvalue weighted by Crippen LogP contribution is -2.33. The van der Waals surface area contributed by atoms with Gasteiger partial charge in [0.2, 0.25) is 10.0 Å². The van der Waals surface area contributed by atoms with Gasteiger partial charge in [0.05, 0.1) is 19.3 Å². The van der Waals surface area contributed by atoms with Crippen molar-refractivity contribution in [2.75, 3.05) is 25.9 Å². The molecule has 0 radical (unpaired) electrons. The van der Waals surface area contributed by atoms with E-state index in [1.807, 2.05) is 0 Å². The molecule has 1 fully saturated rings. The molecule has 0 atom stereocenters. The molecule has 0 aliphatic heterocycles. The van der Waals surface area contributed by atoms with E-state index in [2.05, 4.69) is 5.92 Å². The van der Waals surface area contributed by atoms with Crippen molar-refractivity contribution in [2.24, 2.45) is 5.92 Å². The molecular formula is C14H18N2O3S. The van der Waals surface area contributed by atoms with Crippen LogP contribution in [0.3, 0.4) is 0 Å². The molecule has 1 aromatic carbocycles. The molecule has 0 aromatic heterocycles. The second-order valence-corrected chi connectivity index (χ2v) is 6.76. The molecule has 20 heavy (non-hydrogen) atoms. The van der Waals surface area contributed by atoms with Crippen molar-refractivity contribution in [3.05, 3.63) is 18.2 Å². The lowest BCUT2D eigenvalue weighted by atomic mass is 10.3. The number of nitrogens with two attached hydrogens (primary N) is 1. The van der Waals surface area contributed by atoms with Crippen LogP contribution < -0.4 is 10.5 Å². The zero-order valence-electron chi connectivity index (χ0n) is 11.4. The molecular weight excluding hydrogens is 276 g/mol. The summed E-state index contributed by atoms with van der Waals surface area (Å²) in [5.41, 5.74) is 5.99. The van der Waals surface area contributed by atoms with Gasteiger partial charge in [0.15, 0.2) is 0 Å². The molecule has 2 N–H and O–H groups in total. The maximum Gasteiger partial charge on any atom is 0.246 e. The van der Waals surface area contributed by atoms with Gasteiger partial charge < -0.3 is 10.5 Å². The highest BCUT2D eigenvalue weighted by atomic mass is 32.2. The highest BCUT2D eigenvalue weighted by Gasteiger charge is 2.32. The zero-order valence-corrected chi connectivity index (χ0v) is 12.2. The van der Waals surface area contributed by atoms with Gasteiger partial charge in [-0.3, -0.25) is 0 Å². The first-order valence-electron chi connectivity index (χ1n) is 6.36. The van der Waals surface area contributed by atoms with Crippen LogP contribution in [0.5, 0.6) is 5.75 Å². The predicted molar refractivity (Wildman–Crippen MR) is 77.7 cm³/mol. The van der Waals surface area contributed by atoms with Crippen LogP contribution in [0.4, 0.5) is 5.69 Å². The van der Waals surface area contributed by atoms with Gasteiger partial charge in [-0.25, -0.2) is 8.42 Å². The first-order chi connectivity index (χ1) is 9.48. The van der Waals surface area contributed by atoms with E-state index in [4.69, 9.17) is 16.9 Å². The SMILES string of the molecule is C#CCN(CC1CC1)S(=O)(=O)c1ccc(OC)cc1N. The fraction of sp³-hybridized carbons (Fsp3) is 0.429. The van der Waals surface area contributed by atoms with E-state index in [-0.39, 0.29) is 17.1 Å². The highest BCUT2D eigenvalue weighted by molar-refractivity contribution is 7.89. The standard InChI is InChI=1S/C14H18N2O3S/c1-3-8-16(10-11-4-5-11)20(17,18)14-7-6-12(19-2)9-13(14)15/h1,6-7,9,11H,4-5,8,10,15H2,2H3. The second kappa shape index (κ2) is 5.73. The third kappa shape index (κ3) is 3.06. The smallest absolute Gasteiger partial charge is 0.246 e. The van der Waals surface area contributed by atoms with Crippen molar-refractivity contribution < 1.29 is 13.2 Å². The van der Waals surface area contributed by atoms with Crippen LogP contribution in [0.25, 0.3) is 0 Å². The molecule has 108 valence electrons. The third-order valence-corrected chi connectivity index (χ3v) is 5.15. The van der Waals surface area contributed by atoms with E-state index in [9.17, 15) is 8.42 Å². The van der Waals surface area contributed by atoms with Gasteiger partial charge in [0.1, 0.15) is 10.6 Å². The molecule has 1 aliphatic carbocycles. The Morgan fingerprint density at radius 1 is 1.50 bits per heavy atom. The normalized spacial score (nSPS) is 15.1. The number of anilines is 1. The van der Waals surface area contributed by atoms with Crippen molar-refractivity contribution in [3.8, 4) is 18.1 Å². The molecule has 6 heteroatoms. The van der Waals surface area contributed by atoms with Crippen LogP contribution in [0.15, 0.2) is 23.1 Å². The monoisotopic (exact) mass is 294 g/mol. The van der Waals surface area contributed by atoms with E-state index in [0.717, 1.165) is 12.8 Å². The number of methoxy groups -OCH3 is 1. The number of rotatable bonds is 6. The Morgan fingerprint density at radius 2 is 2.20 bits per heavy atom. The first-order valence-corrected chi connectivity index (χ1v) is 7.80. The Morgan fingerprint density at radius 3 is 2.70 bits per heavy atom. The van der Waals surface area contributed by atoms with Gasteiger partial charge in [0.25, 0.3) is 0 Å². The van der Waals surface area contributed by atoms with E-state index in [1.54, 1.807) is 6.07 Å². The van der Waals surface area contributed by atoms with Crippen LogP contribution in [-0.2, 0) is 10.0 Å². The van der Waals surface area contributed by atoms with Crippen molar-refractivity contribution in [1.82, 2.24) is 4.31 Å². The van der Waals surface area contributed by atoms with Crippen molar-refractivity contribution >= 4 is 15.7 Å². The fourth-order valence-electron chi connectivity index (χ4n) is 1.97. The predicted octanol–water partition coefficient (Wildman–Crippen LogP) is 1.31. The molecule has 0 unspecified atom stereocenters. The fourth-order valence-corrected chi connectivity index (χ4v) is 3.49. The Bertz CT molecular complexity index is 630. The molecule has 0 amide bonds. The molecule has 0 saturated heterocycles. The van der Waals surface area contributed by atoms with Crippen molar-refractivity contribution in [3.63, 3.8) is 0 Å². The average molecular weight is 294 g/mol. The van der Waals surface area contributed by atoms with Gasteiger partial charge in [-0.05, 0) is 30.9 Å². The summed E-state index contributed by atoms with van der Waals surface area (Å²) in [6.45, 7) is 0.516. The Kier molecular flexibility index (Phi) is 4.21. The third-order valence-electron chi connectivity index (χ3n) is 3.26. The zero-order chi connectivity index (χ0) is 14.8. The molecule has 0 bridgehead atoms. The maximum absolute atomic E-state index is 12.6. The minimum Gasteiger partial charge on any atom is -0.497 e. The van der Waals surface area contributed by atoms with E-state index < -0.39 is 10.0 Å². The Hall–Kier alpha value is -1.71. The molecule has 1 aliphatic rings. The summed E-state index contributed by atoms with van der Waals surface area (Å²) in [6, 6.07) is 4.53. The summed E-state index contributed by atoms with van der Waals surface area (Å²) in [5, 5.41) is 0. The molecule has 2 rings (SSSR count). The summed E-state index contributed by atoms with van der Waals surface area (Å²) < 4.78 is 31.6. The highest BCUT2D eigenvalue weighted by Crippen LogP contribution is 2.33. The summed E-state index contributed by atoms with van der Waals surface area (Å²) in [4.78, 5) is 0.0780. The number of nitrogen functional groups attached to an aromatic ring is 1. The number of sulfonamides is 1. The summed E-state index contributed by atoms with van der Waals surface area (Å²) in [6.07, 6.45) is 7.38. The van der Waals surface area contributed by atoms with Gasteiger partial charge in [-0.1, -0.05) is 5.92 Å². The quantitative estimate of drug-likeness (QED) is 0.634. The van der Waals surface area contributed by atoms with Crippen LogP contribution >= 0.6 is 0 Å². The van der Waals surface area contributed by atoms with Crippen molar-refractivity contribution in [2.45, 2.75) is 17.7 Å². The molecule has 0 spiro atoms. The topological polar surface area (TPSA) is 72.6 Å². The number of hydrogen-bond donors (Lipinski definition) is 1. The Balaban J connectivity index is 2.33. The maximum atomic E-state index is 12.6. The average Bonchev–Trinajstić information content (AvgIpc) is 3.21. The number of terminal acetylenes is 1. The van der Waals surface area contributed by atoms with E-state index >= 15 is 0 Å². The lowest BCUT2D eigenvalue weighted by molar-refractivity contribution is 0.414. The van der Waals surface area contributed by atoms with Crippen LogP contribution in [0, 0.1) is 18.3 Å². The summed E-state index contributed by atoms with van der Waals surface area (Å²) >= 11 is 0. The van der Waals surface area contributed by atoms with E-state index in [1.165, 1.54) is 23.5 Å².